The summed E-state index contributed by atoms with van der Waals surface area (Å²) in [5.74, 6) is 0.912. The minimum atomic E-state index is -1.82. The minimum Gasteiger partial charge on any atom is -0.535 e. The third-order valence-corrected chi connectivity index (χ3v) is 5.17. The Hall–Kier alpha value is -2.60. The maximum Gasteiger partial charge on any atom is 0.522 e. The van der Waals surface area contributed by atoms with Crippen LogP contribution in [0, 0.1) is 6.92 Å². The van der Waals surface area contributed by atoms with Gasteiger partial charge in [-0.2, -0.15) is 0 Å². The largest absolute Gasteiger partial charge is 0.535 e. The van der Waals surface area contributed by atoms with E-state index in [0.717, 1.165) is 5.56 Å². The molecule has 1 saturated heterocycles. The first-order valence-electron chi connectivity index (χ1n) is 9.43. The molecule has 1 aromatic heterocycles. The Bertz CT molecular complexity index is 914. The number of rotatable bonds is 5. The van der Waals surface area contributed by atoms with Crippen LogP contribution < -0.4 is 15.1 Å². The number of nitrogens with two attached hydrogens (primary N) is 1. The molecule has 29 heavy (non-hydrogen) atoms. The molecule has 2 aromatic rings. The number of nitrogens with zero attached hydrogens (tertiary/aromatic N) is 2. The van der Waals surface area contributed by atoms with Crippen molar-refractivity contribution in [2.75, 3.05) is 13.1 Å². The van der Waals surface area contributed by atoms with E-state index in [1.807, 2.05) is 0 Å². The molecule has 2 aliphatic rings. The molecule has 154 valence electrons. The normalized spacial score (nSPS) is 17.6. The first-order valence-corrected chi connectivity index (χ1v) is 9.43. The van der Waals surface area contributed by atoms with E-state index in [1.165, 1.54) is 0 Å². The van der Waals surface area contributed by atoms with Crippen molar-refractivity contribution >= 4 is 13.0 Å². The highest BCUT2D eigenvalue weighted by Gasteiger charge is 2.37. The van der Waals surface area contributed by atoms with Gasteiger partial charge in [-0.1, -0.05) is 6.07 Å². The molecule has 6 N–H and O–H groups in total. The molecule has 2 aliphatic heterocycles. The fourth-order valence-corrected chi connectivity index (χ4v) is 3.58. The molecule has 1 atom stereocenters. The first-order chi connectivity index (χ1) is 13.8. The highest BCUT2D eigenvalue weighted by molar-refractivity contribution is 6.44. The molecule has 0 spiro atoms. The van der Waals surface area contributed by atoms with Gasteiger partial charge in [0.05, 0.1) is 24.3 Å². The van der Waals surface area contributed by atoms with Crippen molar-refractivity contribution in [2.24, 2.45) is 5.73 Å². The summed E-state index contributed by atoms with van der Waals surface area (Å²) in [6, 6.07) is 2.58. The van der Waals surface area contributed by atoms with Crippen LogP contribution in [0.1, 0.15) is 35.0 Å². The summed E-state index contributed by atoms with van der Waals surface area (Å²) in [6.07, 6.45) is 0.467. The van der Waals surface area contributed by atoms with Crippen molar-refractivity contribution in [1.29, 1.82) is 0 Å². The lowest BCUT2D eigenvalue weighted by molar-refractivity contribution is -0.141. The van der Waals surface area contributed by atoms with E-state index in [9.17, 15) is 20.0 Å². The third kappa shape index (κ3) is 3.81. The number of H-pyrrole nitrogens is 1. The van der Waals surface area contributed by atoms with E-state index in [0.29, 0.717) is 37.3 Å². The second-order valence-corrected chi connectivity index (χ2v) is 7.32. The van der Waals surface area contributed by atoms with Gasteiger partial charge < -0.3 is 40.2 Å². The lowest BCUT2D eigenvalue weighted by Crippen LogP contribution is -2.58. The summed E-state index contributed by atoms with van der Waals surface area (Å²) in [5.41, 5.74) is 7.33. The van der Waals surface area contributed by atoms with Crippen molar-refractivity contribution in [3.8, 4) is 11.5 Å². The van der Waals surface area contributed by atoms with Crippen LogP contribution in [0.25, 0.3) is 0 Å². The Morgan fingerprint density at radius 1 is 1.45 bits per heavy atom. The number of carbonyl (C=O) groups excluding carboxylic acids is 1. The lowest BCUT2D eigenvalue weighted by Gasteiger charge is -2.40. The maximum absolute atomic E-state index is 12.5. The average molecular weight is 402 g/mol. The summed E-state index contributed by atoms with van der Waals surface area (Å²) in [7, 11) is -1.00. The van der Waals surface area contributed by atoms with Crippen LogP contribution in [0.2, 0.25) is 6.32 Å². The molecule has 10 nitrogen and oxygen atoms in total. The fraction of sp³-hybridized carbons (Fsp3) is 0.444. The van der Waals surface area contributed by atoms with Gasteiger partial charge >= 0.3 is 7.12 Å². The molecule has 11 heteroatoms. The number of amides is 1. The molecule has 3 heterocycles. The van der Waals surface area contributed by atoms with Crippen molar-refractivity contribution in [1.82, 2.24) is 14.9 Å². The van der Waals surface area contributed by atoms with Crippen molar-refractivity contribution < 1.29 is 29.4 Å². The quantitative estimate of drug-likeness (QED) is 0.328. The first kappa shape index (κ1) is 19.7. The number of aliphatic hydroxyl groups is 2. The van der Waals surface area contributed by atoms with Crippen molar-refractivity contribution in [2.45, 2.75) is 38.1 Å². The number of benzene rings is 1. The van der Waals surface area contributed by atoms with Crippen molar-refractivity contribution in [3.63, 3.8) is 0 Å². The molecule has 4 rings (SSSR count). The molecular weight excluding hydrogens is 379 g/mol. The number of fused-ring (bicyclic) bond motifs is 1. The molecule has 0 aliphatic carbocycles. The zero-order valence-corrected chi connectivity index (χ0v) is 15.9. The Kier molecular flexibility index (Phi) is 5.22. The number of aromatic nitrogens is 2. The molecular formula is C18H23BN4O6. The second-order valence-electron chi connectivity index (χ2n) is 7.32. The zero-order chi connectivity index (χ0) is 20.7. The minimum absolute atomic E-state index is 0.0784. The zero-order valence-electron chi connectivity index (χ0n) is 15.9. The Morgan fingerprint density at radius 3 is 2.86 bits per heavy atom. The van der Waals surface area contributed by atoms with Gasteiger partial charge in [0.25, 0.3) is 0 Å². The summed E-state index contributed by atoms with van der Waals surface area (Å²) in [5, 5.41) is 29.4. The van der Waals surface area contributed by atoms with Crippen LogP contribution in [0.4, 0.5) is 0 Å². The number of aliphatic hydroxyl groups excluding tert-OH is 1. The van der Waals surface area contributed by atoms with Gasteiger partial charge in [0.2, 0.25) is 5.91 Å². The van der Waals surface area contributed by atoms with Gasteiger partial charge in [0, 0.05) is 6.20 Å². The molecule has 1 fully saturated rings. The Balaban J connectivity index is 1.43. The predicted molar refractivity (Wildman–Crippen MR) is 102 cm³/mol. The lowest BCUT2D eigenvalue weighted by atomic mass is 9.78. The van der Waals surface area contributed by atoms with Crippen LogP contribution >= 0.6 is 0 Å². The number of aryl methyl sites for hydroxylation is 2. The summed E-state index contributed by atoms with van der Waals surface area (Å²) < 4.78 is 11.3. The van der Waals surface area contributed by atoms with Crippen LogP contribution in [0.15, 0.2) is 18.3 Å². The predicted octanol–water partition coefficient (Wildman–Crippen LogP) is -0.594. The number of likely N-dealkylation sites (tertiary alicyclic amines) is 1. The molecule has 0 bridgehead atoms. The van der Waals surface area contributed by atoms with E-state index in [-0.39, 0.29) is 29.1 Å². The number of hydrogen-bond acceptors (Lipinski definition) is 8. The van der Waals surface area contributed by atoms with Crippen LogP contribution in [0.3, 0.4) is 0 Å². The van der Waals surface area contributed by atoms with Gasteiger partial charge in [-0.05, 0) is 31.3 Å². The maximum atomic E-state index is 12.5. The third-order valence-electron chi connectivity index (χ3n) is 5.17. The Morgan fingerprint density at radius 2 is 2.21 bits per heavy atom. The number of nitrogens with one attached hydrogen (secondary N) is 1. The van der Waals surface area contributed by atoms with E-state index in [2.05, 4.69) is 9.97 Å². The molecule has 1 unspecified atom stereocenters. The van der Waals surface area contributed by atoms with Crippen LogP contribution in [0.5, 0.6) is 11.5 Å². The Labute approximate surface area is 167 Å². The smallest absolute Gasteiger partial charge is 0.522 e. The highest BCUT2D eigenvalue weighted by Crippen LogP contribution is 2.40. The van der Waals surface area contributed by atoms with E-state index in [1.54, 1.807) is 30.2 Å². The van der Waals surface area contributed by atoms with Gasteiger partial charge in [-0.25, -0.2) is 4.98 Å². The average Bonchev–Trinajstić information content (AvgIpc) is 3.08. The van der Waals surface area contributed by atoms with Gasteiger partial charge in [-0.3, -0.25) is 4.79 Å². The van der Waals surface area contributed by atoms with Gasteiger partial charge in [0.15, 0.2) is 6.29 Å². The summed E-state index contributed by atoms with van der Waals surface area (Å²) >= 11 is 0. The van der Waals surface area contributed by atoms with E-state index in [4.69, 9.17) is 15.1 Å². The molecule has 0 radical (unpaired) electrons. The number of imidazole rings is 1. The second kappa shape index (κ2) is 7.67. The summed E-state index contributed by atoms with van der Waals surface area (Å²) in [6.45, 7) is 2.41. The number of hydrogen-bond donors (Lipinski definition) is 5. The monoisotopic (exact) mass is 402 g/mol. The number of carbonyl (C=O) groups is 1. The van der Waals surface area contributed by atoms with E-state index < -0.39 is 19.5 Å². The number of aromatic amines is 1. The van der Waals surface area contributed by atoms with Crippen LogP contribution in [-0.2, 0) is 11.2 Å². The molecule has 0 saturated carbocycles. The molecule has 1 aromatic carbocycles. The highest BCUT2D eigenvalue weighted by atomic mass is 16.5. The summed E-state index contributed by atoms with van der Waals surface area (Å²) in [4.78, 5) is 21.2. The molecule has 1 amide bonds. The fourth-order valence-electron chi connectivity index (χ4n) is 3.58. The van der Waals surface area contributed by atoms with Gasteiger partial charge in [0.1, 0.15) is 29.5 Å². The topological polar surface area (TPSA) is 154 Å². The van der Waals surface area contributed by atoms with Crippen LogP contribution in [-0.4, -0.2) is 62.3 Å². The van der Waals surface area contributed by atoms with E-state index >= 15 is 0 Å². The standard InChI is InChI=1S/C18H23BN4O6/c1-9-21-6-12(22-9)15(20)17(24)23-7-11(8-23)28-13-3-2-10-4-5-19(27)29-16(10)14(13)18(25)26/h2-3,6,11,15,18,25-27H,4-5,7-8,20H2,1H3,(H,21,22). The van der Waals surface area contributed by atoms with Crippen molar-refractivity contribution in [3.05, 3.63) is 41.0 Å². The number of ether oxygens (including phenoxy) is 1. The SMILES string of the molecule is Cc1nc(C(N)C(=O)N2CC(Oc3ccc4c(c3C(O)O)OB(O)CC4)C2)c[nH]1. The van der Waals surface area contributed by atoms with Gasteiger partial charge in [-0.15, -0.1) is 0 Å².